The van der Waals surface area contributed by atoms with Crippen molar-refractivity contribution in [2.75, 3.05) is 7.05 Å². The normalized spacial score (nSPS) is 21.2. The summed E-state index contributed by atoms with van der Waals surface area (Å²) >= 11 is 0. The van der Waals surface area contributed by atoms with E-state index in [1.807, 2.05) is 7.05 Å². The Morgan fingerprint density at radius 1 is 1.50 bits per heavy atom. The Balaban J connectivity index is 2.30. The van der Waals surface area contributed by atoms with Crippen molar-refractivity contribution in [1.29, 1.82) is 0 Å². The highest BCUT2D eigenvalue weighted by Gasteiger charge is 2.19. The van der Waals surface area contributed by atoms with Crippen molar-refractivity contribution in [3.05, 3.63) is 12.2 Å². The third kappa shape index (κ3) is 2.63. The fourth-order valence-corrected chi connectivity index (χ4v) is 2.14. The Bertz CT molecular complexity index is 145. The molecule has 0 aliphatic heterocycles. The van der Waals surface area contributed by atoms with Gasteiger partial charge in [0, 0.05) is 6.04 Å². The summed E-state index contributed by atoms with van der Waals surface area (Å²) in [6, 6.07) is 0.549. The van der Waals surface area contributed by atoms with E-state index >= 15 is 0 Å². The van der Waals surface area contributed by atoms with Gasteiger partial charge >= 0.3 is 0 Å². The molecule has 1 N–H and O–H groups in total. The van der Waals surface area contributed by atoms with Gasteiger partial charge in [-0.1, -0.05) is 37.8 Å². The van der Waals surface area contributed by atoms with Gasteiger partial charge in [-0.3, -0.25) is 0 Å². The Labute approximate surface area is 76.2 Å². The monoisotopic (exact) mass is 167 g/mol. The minimum atomic E-state index is 0.549. The minimum Gasteiger partial charge on any atom is -0.313 e. The van der Waals surface area contributed by atoms with E-state index in [-0.39, 0.29) is 0 Å². The Morgan fingerprint density at radius 2 is 2.08 bits per heavy atom. The van der Waals surface area contributed by atoms with Gasteiger partial charge in [0.1, 0.15) is 0 Å². The van der Waals surface area contributed by atoms with Gasteiger partial charge < -0.3 is 5.32 Å². The lowest BCUT2D eigenvalue weighted by molar-refractivity contribution is 0.436. The summed E-state index contributed by atoms with van der Waals surface area (Å²) in [5, 5.41) is 3.33. The van der Waals surface area contributed by atoms with Crippen molar-refractivity contribution in [3.63, 3.8) is 0 Å². The summed E-state index contributed by atoms with van der Waals surface area (Å²) in [6.07, 6.45) is 7.05. The van der Waals surface area contributed by atoms with E-state index in [1.54, 1.807) is 0 Å². The van der Waals surface area contributed by atoms with Gasteiger partial charge in [0.25, 0.3) is 0 Å². The molecule has 0 bridgehead atoms. The van der Waals surface area contributed by atoms with Gasteiger partial charge in [-0.15, -0.1) is 0 Å². The minimum absolute atomic E-state index is 0.549. The lowest BCUT2D eigenvalue weighted by atomic mass is 9.95. The van der Waals surface area contributed by atoms with Crippen LogP contribution in [0.25, 0.3) is 0 Å². The van der Waals surface area contributed by atoms with Crippen LogP contribution < -0.4 is 5.32 Å². The van der Waals surface area contributed by atoms with Crippen molar-refractivity contribution in [1.82, 2.24) is 5.32 Å². The lowest BCUT2D eigenvalue weighted by Crippen LogP contribution is -2.28. The van der Waals surface area contributed by atoms with E-state index in [4.69, 9.17) is 0 Å². The van der Waals surface area contributed by atoms with Crippen LogP contribution in [-0.4, -0.2) is 13.1 Å². The summed E-state index contributed by atoms with van der Waals surface area (Å²) in [5.74, 6) is 0.958. The van der Waals surface area contributed by atoms with Crippen molar-refractivity contribution in [2.45, 2.75) is 45.1 Å². The molecular weight excluding hydrogens is 146 g/mol. The summed E-state index contributed by atoms with van der Waals surface area (Å²) in [6.45, 7) is 6.13. The number of nitrogens with one attached hydrogen (secondary N) is 1. The zero-order chi connectivity index (χ0) is 8.97. The predicted octanol–water partition coefficient (Wildman–Crippen LogP) is 2.73. The third-order valence-corrected chi connectivity index (χ3v) is 2.99. The highest BCUT2D eigenvalue weighted by atomic mass is 14.9. The van der Waals surface area contributed by atoms with Crippen molar-refractivity contribution >= 4 is 0 Å². The van der Waals surface area contributed by atoms with E-state index in [0.717, 1.165) is 5.92 Å². The molecule has 1 nitrogen and oxygen atoms in total. The highest BCUT2D eigenvalue weighted by molar-refractivity contribution is 5.01. The first-order chi connectivity index (χ1) is 5.74. The molecule has 0 aromatic rings. The molecule has 12 heavy (non-hydrogen) atoms. The van der Waals surface area contributed by atoms with E-state index in [1.165, 1.54) is 37.7 Å². The largest absolute Gasteiger partial charge is 0.313 e. The van der Waals surface area contributed by atoms with Gasteiger partial charge in [-0.05, 0) is 26.3 Å². The van der Waals surface area contributed by atoms with Crippen LogP contribution >= 0.6 is 0 Å². The van der Waals surface area contributed by atoms with Crippen LogP contribution in [0.2, 0.25) is 0 Å². The molecule has 1 aliphatic carbocycles. The zero-order valence-corrected chi connectivity index (χ0v) is 8.40. The summed E-state index contributed by atoms with van der Waals surface area (Å²) < 4.78 is 0. The summed E-state index contributed by atoms with van der Waals surface area (Å²) in [7, 11) is 2.04. The maximum atomic E-state index is 4.01. The second-order valence-corrected chi connectivity index (χ2v) is 4.07. The highest BCUT2D eigenvalue weighted by Crippen LogP contribution is 2.29. The molecule has 0 radical (unpaired) electrons. The van der Waals surface area contributed by atoms with Gasteiger partial charge in [-0.2, -0.15) is 0 Å². The van der Waals surface area contributed by atoms with Crippen LogP contribution in [0.3, 0.4) is 0 Å². The van der Waals surface area contributed by atoms with E-state index < -0.39 is 0 Å². The molecule has 1 rings (SSSR count). The maximum absolute atomic E-state index is 4.01. The molecule has 1 atom stereocenters. The van der Waals surface area contributed by atoms with E-state index in [9.17, 15) is 0 Å². The second kappa shape index (κ2) is 4.66. The standard InChI is InChI=1S/C11H21N/c1-9(2)11(12-3)8-10-6-4-5-7-10/h10-12H,1,4-8H2,2-3H3. The van der Waals surface area contributed by atoms with Gasteiger partial charge in [0.2, 0.25) is 0 Å². The van der Waals surface area contributed by atoms with Crippen LogP contribution in [0.5, 0.6) is 0 Å². The molecular formula is C11H21N. The maximum Gasteiger partial charge on any atom is 0.0273 e. The first kappa shape index (κ1) is 9.79. The molecule has 70 valence electrons. The predicted molar refractivity (Wildman–Crippen MR) is 54.2 cm³/mol. The third-order valence-electron chi connectivity index (χ3n) is 2.99. The van der Waals surface area contributed by atoms with E-state index in [0.29, 0.717) is 6.04 Å². The average molecular weight is 167 g/mol. The molecule has 1 saturated carbocycles. The Morgan fingerprint density at radius 3 is 2.50 bits per heavy atom. The average Bonchev–Trinajstić information content (AvgIpc) is 2.51. The number of hydrogen-bond acceptors (Lipinski definition) is 1. The number of likely N-dealkylation sites (N-methyl/N-ethyl adjacent to an activating group) is 1. The molecule has 0 aromatic heterocycles. The quantitative estimate of drug-likeness (QED) is 0.635. The molecule has 0 heterocycles. The molecule has 0 spiro atoms. The Kier molecular flexibility index (Phi) is 3.80. The molecule has 0 aromatic carbocycles. The fourth-order valence-electron chi connectivity index (χ4n) is 2.14. The van der Waals surface area contributed by atoms with Gasteiger partial charge in [0.15, 0.2) is 0 Å². The molecule has 1 unspecified atom stereocenters. The first-order valence-electron chi connectivity index (χ1n) is 5.06. The van der Waals surface area contributed by atoms with Crippen LogP contribution in [0.4, 0.5) is 0 Å². The molecule has 0 saturated heterocycles. The summed E-state index contributed by atoms with van der Waals surface area (Å²) in [5.41, 5.74) is 1.28. The number of rotatable bonds is 4. The SMILES string of the molecule is C=C(C)C(CC1CCCC1)NC. The lowest BCUT2D eigenvalue weighted by Gasteiger charge is -2.19. The smallest absolute Gasteiger partial charge is 0.0273 e. The molecule has 1 heteroatoms. The Hall–Kier alpha value is -0.300. The van der Waals surface area contributed by atoms with E-state index in [2.05, 4.69) is 18.8 Å². The van der Waals surface area contributed by atoms with Crippen molar-refractivity contribution in [3.8, 4) is 0 Å². The molecule has 1 aliphatic rings. The van der Waals surface area contributed by atoms with Crippen molar-refractivity contribution < 1.29 is 0 Å². The van der Waals surface area contributed by atoms with Gasteiger partial charge in [0.05, 0.1) is 0 Å². The fraction of sp³-hybridized carbons (Fsp3) is 0.818. The van der Waals surface area contributed by atoms with Crippen LogP contribution in [0, 0.1) is 5.92 Å². The zero-order valence-electron chi connectivity index (χ0n) is 8.40. The first-order valence-corrected chi connectivity index (χ1v) is 5.06. The molecule has 1 fully saturated rings. The molecule has 0 amide bonds. The second-order valence-electron chi connectivity index (χ2n) is 4.07. The topological polar surface area (TPSA) is 12.0 Å². The number of hydrogen-bond donors (Lipinski definition) is 1. The summed E-state index contributed by atoms with van der Waals surface area (Å²) in [4.78, 5) is 0. The van der Waals surface area contributed by atoms with Crippen LogP contribution in [0.15, 0.2) is 12.2 Å². The van der Waals surface area contributed by atoms with Crippen molar-refractivity contribution in [2.24, 2.45) is 5.92 Å². The van der Waals surface area contributed by atoms with Crippen LogP contribution in [-0.2, 0) is 0 Å². The van der Waals surface area contributed by atoms with Crippen LogP contribution in [0.1, 0.15) is 39.0 Å². The van der Waals surface area contributed by atoms with Gasteiger partial charge in [-0.25, -0.2) is 0 Å².